The van der Waals surface area contributed by atoms with Gasteiger partial charge >= 0.3 is 0 Å². The van der Waals surface area contributed by atoms with Gasteiger partial charge in [-0.3, -0.25) is 9.69 Å². The summed E-state index contributed by atoms with van der Waals surface area (Å²) in [7, 11) is 0. The van der Waals surface area contributed by atoms with Gasteiger partial charge in [0.1, 0.15) is 4.33 Å². The molecule has 1 saturated carbocycles. The minimum absolute atomic E-state index is 0.0485. The number of alkyl halides is 2. The van der Waals surface area contributed by atoms with Crippen LogP contribution >= 0.6 is 23.2 Å². The zero-order valence-electron chi connectivity index (χ0n) is 9.79. The molecule has 3 unspecified atom stereocenters. The van der Waals surface area contributed by atoms with Gasteiger partial charge in [0.2, 0.25) is 5.91 Å². The lowest BCUT2D eigenvalue weighted by molar-refractivity contribution is -0.123. The number of piperidine rings is 1. The van der Waals surface area contributed by atoms with Crippen LogP contribution < -0.4 is 5.32 Å². The quantitative estimate of drug-likeness (QED) is 0.782. The zero-order valence-corrected chi connectivity index (χ0v) is 11.3. The van der Waals surface area contributed by atoms with Crippen LogP contribution in [-0.2, 0) is 4.79 Å². The molecule has 2 heterocycles. The number of nitrogens with zero attached hydrogens (tertiary/aromatic N) is 1. The lowest BCUT2D eigenvalue weighted by atomic mass is 9.99. The van der Waals surface area contributed by atoms with Crippen molar-refractivity contribution < 1.29 is 4.79 Å². The summed E-state index contributed by atoms with van der Waals surface area (Å²) >= 11 is 11.8. The Balaban J connectivity index is 1.57. The predicted molar refractivity (Wildman–Crippen MR) is 68.3 cm³/mol. The molecule has 0 spiro atoms. The highest BCUT2D eigenvalue weighted by Gasteiger charge is 2.56. The van der Waals surface area contributed by atoms with Gasteiger partial charge in [0.25, 0.3) is 0 Å². The Morgan fingerprint density at radius 1 is 1.24 bits per heavy atom. The first-order valence-corrected chi connectivity index (χ1v) is 7.26. The van der Waals surface area contributed by atoms with E-state index in [-0.39, 0.29) is 11.8 Å². The van der Waals surface area contributed by atoms with Crippen molar-refractivity contribution in [3.8, 4) is 0 Å². The van der Waals surface area contributed by atoms with Gasteiger partial charge in [-0.05, 0) is 32.2 Å². The van der Waals surface area contributed by atoms with E-state index in [1.54, 1.807) is 0 Å². The molecule has 1 amide bonds. The van der Waals surface area contributed by atoms with E-state index < -0.39 is 4.33 Å². The number of amides is 1. The van der Waals surface area contributed by atoms with Crippen LogP contribution in [0.25, 0.3) is 0 Å². The van der Waals surface area contributed by atoms with E-state index in [9.17, 15) is 4.79 Å². The monoisotopic (exact) mass is 276 g/mol. The Bertz CT molecular complexity index is 334. The Morgan fingerprint density at radius 3 is 2.71 bits per heavy atom. The first-order valence-electron chi connectivity index (χ1n) is 6.50. The molecule has 96 valence electrons. The van der Waals surface area contributed by atoms with Crippen molar-refractivity contribution >= 4 is 29.1 Å². The Morgan fingerprint density at radius 2 is 2.00 bits per heavy atom. The summed E-state index contributed by atoms with van der Waals surface area (Å²) in [6.07, 6.45) is 5.46. The van der Waals surface area contributed by atoms with E-state index in [4.69, 9.17) is 23.2 Å². The average Bonchev–Trinajstić information content (AvgIpc) is 2.77. The van der Waals surface area contributed by atoms with Crippen LogP contribution in [-0.4, -0.2) is 40.3 Å². The molecule has 3 aliphatic rings. The predicted octanol–water partition coefficient (Wildman–Crippen LogP) is 1.92. The third kappa shape index (κ3) is 2.29. The van der Waals surface area contributed by atoms with Crippen LogP contribution in [0, 0.1) is 5.92 Å². The fourth-order valence-electron chi connectivity index (χ4n) is 3.20. The number of halogens is 2. The van der Waals surface area contributed by atoms with Crippen molar-refractivity contribution in [1.82, 2.24) is 10.2 Å². The normalized spacial score (nSPS) is 39.8. The molecule has 0 aromatic heterocycles. The van der Waals surface area contributed by atoms with Crippen LogP contribution in [0.1, 0.15) is 32.1 Å². The second-order valence-electron chi connectivity index (χ2n) is 5.52. The zero-order chi connectivity index (χ0) is 12.0. The molecule has 0 aromatic carbocycles. The van der Waals surface area contributed by atoms with Crippen molar-refractivity contribution in [1.29, 1.82) is 0 Å². The maximum absolute atomic E-state index is 12.0. The smallest absolute Gasteiger partial charge is 0.226 e. The molecule has 3 atom stereocenters. The maximum atomic E-state index is 12.0. The molecule has 2 saturated heterocycles. The molecule has 1 N–H and O–H groups in total. The number of nitrogens with one attached hydrogen (secondary N) is 1. The van der Waals surface area contributed by atoms with Crippen molar-refractivity contribution in [3.05, 3.63) is 0 Å². The van der Waals surface area contributed by atoms with Crippen LogP contribution in [0.5, 0.6) is 0 Å². The summed E-state index contributed by atoms with van der Waals surface area (Å²) in [4.78, 5) is 14.5. The van der Waals surface area contributed by atoms with Crippen molar-refractivity contribution in [2.45, 2.75) is 48.5 Å². The Labute approximate surface area is 112 Å². The fraction of sp³-hybridized carbons (Fsp3) is 0.917. The Kier molecular flexibility index (Phi) is 3.04. The molecule has 17 heavy (non-hydrogen) atoms. The standard InChI is InChI=1S/C12H18Cl2N2O/c13-12(14)7-8(12)11(17)15-9-4-6-16-5-2-1-3-10(9)16/h8-10H,1-7H2,(H,15,17). The van der Waals surface area contributed by atoms with Crippen LogP contribution in [0.2, 0.25) is 0 Å². The summed E-state index contributed by atoms with van der Waals surface area (Å²) in [5.41, 5.74) is 0. The molecule has 0 radical (unpaired) electrons. The molecule has 3 fully saturated rings. The largest absolute Gasteiger partial charge is 0.351 e. The van der Waals surface area contributed by atoms with E-state index in [0.717, 1.165) is 13.0 Å². The molecular formula is C12H18Cl2N2O. The topological polar surface area (TPSA) is 32.3 Å². The summed E-state index contributed by atoms with van der Waals surface area (Å²) < 4.78 is -0.797. The van der Waals surface area contributed by atoms with E-state index >= 15 is 0 Å². The second kappa shape index (κ2) is 4.29. The first kappa shape index (κ1) is 12.1. The summed E-state index contributed by atoms with van der Waals surface area (Å²) in [6.45, 7) is 2.31. The molecule has 1 aliphatic carbocycles. The van der Waals surface area contributed by atoms with Gasteiger partial charge in [0, 0.05) is 18.6 Å². The Hall–Kier alpha value is 0.01000. The lowest BCUT2D eigenvalue weighted by Gasteiger charge is -2.32. The summed E-state index contributed by atoms with van der Waals surface area (Å²) in [6, 6.07) is 0.860. The highest BCUT2D eigenvalue weighted by Crippen LogP contribution is 2.53. The van der Waals surface area contributed by atoms with Gasteiger partial charge in [-0.15, -0.1) is 23.2 Å². The maximum Gasteiger partial charge on any atom is 0.226 e. The van der Waals surface area contributed by atoms with Gasteiger partial charge in [0.15, 0.2) is 0 Å². The molecule has 0 bridgehead atoms. The second-order valence-corrected chi connectivity index (χ2v) is 7.06. The number of carbonyl (C=O) groups is 1. The number of carbonyl (C=O) groups excluding carboxylic acids is 1. The highest BCUT2D eigenvalue weighted by molar-refractivity contribution is 6.52. The molecule has 0 aromatic rings. The van der Waals surface area contributed by atoms with E-state index in [0.29, 0.717) is 18.5 Å². The molecule has 3 nitrogen and oxygen atoms in total. The van der Waals surface area contributed by atoms with Gasteiger partial charge in [-0.25, -0.2) is 0 Å². The van der Waals surface area contributed by atoms with Crippen LogP contribution in [0.3, 0.4) is 0 Å². The van der Waals surface area contributed by atoms with Crippen molar-refractivity contribution in [2.24, 2.45) is 5.92 Å². The number of rotatable bonds is 2. The third-order valence-corrected chi connectivity index (χ3v) is 5.16. The van der Waals surface area contributed by atoms with Gasteiger partial charge in [0.05, 0.1) is 5.92 Å². The third-order valence-electron chi connectivity index (χ3n) is 4.33. The average molecular weight is 277 g/mol. The number of hydrogen-bond donors (Lipinski definition) is 1. The van der Waals surface area contributed by atoms with E-state index in [1.807, 2.05) is 0 Å². The summed E-state index contributed by atoms with van der Waals surface area (Å²) in [5, 5.41) is 3.15. The number of hydrogen-bond acceptors (Lipinski definition) is 2. The van der Waals surface area contributed by atoms with E-state index in [1.165, 1.54) is 25.8 Å². The fourth-order valence-corrected chi connectivity index (χ4v) is 3.70. The molecular weight excluding hydrogens is 259 g/mol. The minimum Gasteiger partial charge on any atom is -0.351 e. The van der Waals surface area contributed by atoms with Crippen molar-refractivity contribution in [2.75, 3.05) is 13.1 Å². The van der Waals surface area contributed by atoms with Crippen LogP contribution in [0.15, 0.2) is 0 Å². The van der Waals surface area contributed by atoms with Crippen molar-refractivity contribution in [3.63, 3.8) is 0 Å². The van der Waals surface area contributed by atoms with E-state index in [2.05, 4.69) is 10.2 Å². The number of fused-ring (bicyclic) bond motifs is 1. The summed E-state index contributed by atoms with van der Waals surface area (Å²) in [5.74, 6) is -0.143. The minimum atomic E-state index is -0.797. The highest BCUT2D eigenvalue weighted by atomic mass is 35.5. The molecule has 5 heteroatoms. The SMILES string of the molecule is O=C(NC1CCN2CCCCC12)C1CC1(Cl)Cl. The molecule has 2 aliphatic heterocycles. The van der Waals surface area contributed by atoms with Crippen LogP contribution in [0.4, 0.5) is 0 Å². The lowest BCUT2D eigenvalue weighted by Crippen LogP contribution is -2.47. The first-order chi connectivity index (χ1) is 8.08. The molecule has 3 rings (SSSR count). The van der Waals surface area contributed by atoms with Gasteiger partial charge < -0.3 is 5.32 Å². The van der Waals surface area contributed by atoms with Gasteiger partial charge in [-0.1, -0.05) is 6.42 Å². The van der Waals surface area contributed by atoms with Gasteiger partial charge in [-0.2, -0.15) is 0 Å².